The fourth-order valence-electron chi connectivity index (χ4n) is 2.90. The Bertz CT molecular complexity index is 730. The summed E-state index contributed by atoms with van der Waals surface area (Å²) in [7, 11) is 1.53. The molecule has 5 nitrogen and oxygen atoms in total. The molecule has 126 valence electrons. The van der Waals surface area contributed by atoms with Gasteiger partial charge in [0.1, 0.15) is 11.6 Å². The van der Waals surface area contributed by atoms with Crippen LogP contribution in [0.4, 0.5) is 15.9 Å². The van der Waals surface area contributed by atoms with Gasteiger partial charge in [-0.05, 0) is 43.2 Å². The lowest BCUT2D eigenvalue weighted by Gasteiger charge is -2.19. The average Bonchev–Trinajstić information content (AvgIpc) is 3.12. The lowest BCUT2D eigenvalue weighted by atomic mass is 10.1. The number of aromatic nitrogens is 1. The summed E-state index contributed by atoms with van der Waals surface area (Å²) in [6.45, 7) is 2.03. The van der Waals surface area contributed by atoms with Gasteiger partial charge in [-0.25, -0.2) is 9.37 Å². The molecule has 0 atom stereocenters. The summed E-state index contributed by atoms with van der Waals surface area (Å²) in [6.07, 6.45) is 3.90. The highest BCUT2D eigenvalue weighted by Crippen LogP contribution is 2.24. The zero-order valence-corrected chi connectivity index (χ0v) is 13.6. The number of nitrogens with zero attached hydrogens (tertiary/aromatic N) is 2. The van der Waals surface area contributed by atoms with E-state index < -0.39 is 0 Å². The second-order valence-electron chi connectivity index (χ2n) is 5.76. The molecule has 1 aliphatic rings. The summed E-state index contributed by atoms with van der Waals surface area (Å²) < 4.78 is 18.5. The van der Waals surface area contributed by atoms with Crippen molar-refractivity contribution in [1.29, 1.82) is 0 Å². The van der Waals surface area contributed by atoms with Crippen LogP contribution in [-0.4, -0.2) is 31.1 Å². The molecule has 1 saturated heterocycles. The van der Waals surface area contributed by atoms with Gasteiger partial charge < -0.3 is 15.0 Å². The minimum atomic E-state index is -0.362. The minimum absolute atomic E-state index is 0.222. The summed E-state index contributed by atoms with van der Waals surface area (Å²) in [4.78, 5) is 19.2. The second-order valence-corrected chi connectivity index (χ2v) is 5.76. The van der Waals surface area contributed by atoms with Crippen molar-refractivity contribution in [2.24, 2.45) is 0 Å². The summed E-state index contributed by atoms with van der Waals surface area (Å²) >= 11 is 0. The lowest BCUT2D eigenvalue weighted by Crippen LogP contribution is -2.24. The Kier molecular flexibility index (Phi) is 5.05. The molecule has 1 aliphatic heterocycles. The van der Waals surface area contributed by atoms with Crippen molar-refractivity contribution in [3.63, 3.8) is 0 Å². The smallest absolute Gasteiger partial charge is 0.259 e. The molecular weight excluding hydrogens is 309 g/mol. The number of nitrogens with one attached hydrogen (secondary N) is 1. The maximum absolute atomic E-state index is 13.4. The van der Waals surface area contributed by atoms with E-state index in [2.05, 4.69) is 15.2 Å². The van der Waals surface area contributed by atoms with Gasteiger partial charge in [0.15, 0.2) is 0 Å². The van der Waals surface area contributed by atoms with Crippen LogP contribution in [0.2, 0.25) is 0 Å². The molecule has 0 unspecified atom stereocenters. The van der Waals surface area contributed by atoms with Gasteiger partial charge in [0, 0.05) is 37.6 Å². The Morgan fingerprint density at radius 3 is 2.88 bits per heavy atom. The van der Waals surface area contributed by atoms with Crippen molar-refractivity contribution in [2.45, 2.75) is 19.4 Å². The molecule has 24 heavy (non-hydrogen) atoms. The van der Waals surface area contributed by atoms with E-state index in [1.165, 1.54) is 19.2 Å². The van der Waals surface area contributed by atoms with Crippen LogP contribution in [0.3, 0.4) is 0 Å². The largest absolute Gasteiger partial charge is 0.380 e. The van der Waals surface area contributed by atoms with Crippen molar-refractivity contribution in [3.8, 4) is 0 Å². The molecule has 1 N–H and O–H groups in total. The molecule has 6 heteroatoms. The van der Waals surface area contributed by atoms with Gasteiger partial charge in [0.2, 0.25) is 0 Å². The first-order valence-electron chi connectivity index (χ1n) is 7.97. The van der Waals surface area contributed by atoms with Crippen LogP contribution in [0.15, 0.2) is 36.5 Å². The fraction of sp³-hybridized carbons (Fsp3) is 0.333. The summed E-state index contributed by atoms with van der Waals surface area (Å²) in [5.41, 5.74) is 1.66. The number of benzene rings is 1. The lowest BCUT2D eigenvalue weighted by molar-refractivity contribution is 0.102. The van der Waals surface area contributed by atoms with Gasteiger partial charge in [0.05, 0.1) is 12.2 Å². The average molecular weight is 329 g/mol. The van der Waals surface area contributed by atoms with E-state index >= 15 is 0 Å². The molecular formula is C18H20FN3O2. The standard InChI is InChI=1S/C18H20FN3O2/c1-24-12-13-11-14(19)6-7-16(13)21-18(23)15-5-4-8-20-17(15)22-9-2-3-10-22/h4-8,11H,2-3,9-10,12H2,1H3,(H,21,23). The maximum atomic E-state index is 13.4. The molecule has 0 spiro atoms. The Balaban J connectivity index is 1.86. The Morgan fingerprint density at radius 2 is 2.12 bits per heavy atom. The second kappa shape index (κ2) is 7.40. The normalized spacial score (nSPS) is 14.0. The maximum Gasteiger partial charge on any atom is 0.259 e. The third kappa shape index (κ3) is 3.54. The van der Waals surface area contributed by atoms with E-state index in [4.69, 9.17) is 4.74 Å². The van der Waals surface area contributed by atoms with Gasteiger partial charge >= 0.3 is 0 Å². The van der Waals surface area contributed by atoms with Crippen LogP contribution in [0.1, 0.15) is 28.8 Å². The number of methoxy groups -OCH3 is 1. The van der Waals surface area contributed by atoms with Crippen molar-refractivity contribution >= 4 is 17.4 Å². The zero-order valence-electron chi connectivity index (χ0n) is 13.6. The number of hydrogen-bond acceptors (Lipinski definition) is 4. The number of hydrogen-bond donors (Lipinski definition) is 1. The van der Waals surface area contributed by atoms with E-state index in [0.29, 0.717) is 22.6 Å². The number of carbonyl (C=O) groups excluding carboxylic acids is 1. The molecule has 1 amide bonds. The van der Waals surface area contributed by atoms with Gasteiger partial charge in [-0.3, -0.25) is 4.79 Å². The third-order valence-corrected chi connectivity index (χ3v) is 4.05. The zero-order chi connectivity index (χ0) is 16.9. The number of pyridine rings is 1. The van der Waals surface area contributed by atoms with Crippen LogP contribution in [-0.2, 0) is 11.3 Å². The first-order chi connectivity index (χ1) is 11.7. The van der Waals surface area contributed by atoms with Crippen LogP contribution >= 0.6 is 0 Å². The molecule has 1 aromatic carbocycles. The SMILES string of the molecule is COCc1cc(F)ccc1NC(=O)c1cccnc1N1CCCC1. The molecule has 0 saturated carbocycles. The highest BCUT2D eigenvalue weighted by molar-refractivity contribution is 6.07. The van der Waals surface area contributed by atoms with Gasteiger partial charge in [-0.1, -0.05) is 0 Å². The first-order valence-corrected chi connectivity index (χ1v) is 7.97. The van der Waals surface area contributed by atoms with Gasteiger partial charge in [0.25, 0.3) is 5.91 Å². The third-order valence-electron chi connectivity index (χ3n) is 4.05. The molecule has 1 fully saturated rings. The van der Waals surface area contributed by atoms with Crippen molar-refractivity contribution in [3.05, 3.63) is 53.5 Å². The topological polar surface area (TPSA) is 54.5 Å². The molecule has 0 aliphatic carbocycles. The quantitative estimate of drug-likeness (QED) is 0.915. The minimum Gasteiger partial charge on any atom is -0.380 e. The summed E-state index contributed by atoms with van der Waals surface area (Å²) in [5, 5.41) is 2.85. The predicted molar refractivity (Wildman–Crippen MR) is 90.8 cm³/mol. The summed E-state index contributed by atoms with van der Waals surface area (Å²) in [6, 6.07) is 7.74. The molecule has 2 heterocycles. The van der Waals surface area contributed by atoms with Gasteiger partial charge in [-0.2, -0.15) is 0 Å². The first kappa shape index (κ1) is 16.4. The van der Waals surface area contributed by atoms with Crippen molar-refractivity contribution in [1.82, 2.24) is 4.98 Å². The number of ether oxygens (including phenoxy) is 1. The predicted octanol–water partition coefficient (Wildman–Crippen LogP) is 3.22. The molecule has 1 aromatic heterocycles. The number of halogens is 1. The van der Waals surface area contributed by atoms with Crippen LogP contribution in [0.5, 0.6) is 0 Å². The van der Waals surface area contributed by atoms with Crippen molar-refractivity contribution < 1.29 is 13.9 Å². The highest BCUT2D eigenvalue weighted by atomic mass is 19.1. The van der Waals surface area contributed by atoms with Crippen molar-refractivity contribution in [2.75, 3.05) is 30.4 Å². The van der Waals surface area contributed by atoms with Gasteiger partial charge in [-0.15, -0.1) is 0 Å². The summed E-state index contributed by atoms with van der Waals surface area (Å²) in [5.74, 6) is 0.0797. The number of carbonyl (C=O) groups is 1. The van der Waals surface area contributed by atoms with Crippen LogP contribution in [0, 0.1) is 5.82 Å². The van der Waals surface area contributed by atoms with E-state index in [0.717, 1.165) is 25.9 Å². The van der Waals surface area contributed by atoms with E-state index in [-0.39, 0.29) is 18.3 Å². The van der Waals surface area contributed by atoms with E-state index in [9.17, 15) is 9.18 Å². The highest BCUT2D eigenvalue weighted by Gasteiger charge is 2.21. The Labute approximate surface area is 140 Å². The van der Waals surface area contributed by atoms with E-state index in [1.807, 2.05) is 0 Å². The molecule has 2 aromatic rings. The van der Waals surface area contributed by atoms with Crippen LogP contribution < -0.4 is 10.2 Å². The number of rotatable bonds is 5. The van der Waals surface area contributed by atoms with Crippen LogP contribution in [0.25, 0.3) is 0 Å². The monoisotopic (exact) mass is 329 g/mol. The molecule has 0 radical (unpaired) electrons. The molecule has 3 rings (SSSR count). The van der Waals surface area contributed by atoms with E-state index in [1.54, 1.807) is 24.4 Å². The molecule has 0 bridgehead atoms. The Morgan fingerprint density at radius 1 is 1.33 bits per heavy atom. The number of anilines is 2. The Hall–Kier alpha value is -2.47. The number of amides is 1. The fourth-order valence-corrected chi connectivity index (χ4v) is 2.90.